The normalized spacial score (nSPS) is 13.6. The number of carbonyl (C=O) groups is 6. The van der Waals surface area contributed by atoms with E-state index in [1.54, 1.807) is 0 Å². The molecule has 0 heterocycles. The van der Waals surface area contributed by atoms with E-state index in [0.717, 1.165) is 0 Å². The van der Waals surface area contributed by atoms with Crippen molar-refractivity contribution in [3.05, 3.63) is 0 Å². The van der Waals surface area contributed by atoms with Gasteiger partial charge < -0.3 is 38.3 Å². The van der Waals surface area contributed by atoms with Crippen LogP contribution in [-0.4, -0.2) is 65.3 Å². The zero-order valence-electron chi connectivity index (χ0n) is 17.0. The molecule has 10 N–H and O–H groups in total. The first kappa shape index (κ1) is 26.8. The number of carboxylic acid groups (broad SMARTS) is 1. The van der Waals surface area contributed by atoms with Crippen molar-refractivity contribution in [2.45, 2.75) is 57.7 Å². The van der Waals surface area contributed by atoms with E-state index in [4.69, 9.17) is 22.3 Å². The van der Waals surface area contributed by atoms with Gasteiger partial charge in [-0.2, -0.15) is 0 Å². The Bertz CT molecular complexity index is 667. The van der Waals surface area contributed by atoms with E-state index in [-0.39, 0.29) is 18.8 Å². The van der Waals surface area contributed by atoms with Gasteiger partial charge in [-0.05, 0) is 18.8 Å². The lowest BCUT2D eigenvalue weighted by molar-refractivity contribution is -0.143. The topological polar surface area (TPSA) is 237 Å². The first-order valence-corrected chi connectivity index (χ1v) is 9.25. The predicted octanol–water partition coefficient (Wildman–Crippen LogP) is -3.33. The van der Waals surface area contributed by atoms with Crippen molar-refractivity contribution in [2.24, 2.45) is 23.1 Å². The highest BCUT2D eigenvalue weighted by Gasteiger charge is 2.28. The Kier molecular flexibility index (Phi) is 11.7. The van der Waals surface area contributed by atoms with E-state index in [0.29, 0.717) is 6.42 Å². The Morgan fingerprint density at radius 1 is 0.900 bits per heavy atom. The van der Waals surface area contributed by atoms with Crippen LogP contribution < -0.4 is 33.2 Å². The highest BCUT2D eigenvalue weighted by molar-refractivity contribution is 5.93. The lowest BCUT2D eigenvalue weighted by Crippen LogP contribution is -2.54. The molecule has 0 aliphatic rings. The Hall–Kier alpha value is -3.22. The molecule has 0 saturated carbocycles. The summed E-state index contributed by atoms with van der Waals surface area (Å²) in [6.07, 6.45) is -0.761. The number of carbonyl (C=O) groups excluding carboxylic acids is 5. The summed E-state index contributed by atoms with van der Waals surface area (Å²) in [4.78, 5) is 69.5. The van der Waals surface area contributed by atoms with Crippen LogP contribution in [0.25, 0.3) is 0 Å². The zero-order valence-corrected chi connectivity index (χ0v) is 17.0. The smallest absolute Gasteiger partial charge is 0.326 e. The third kappa shape index (κ3) is 11.6. The molecular formula is C17H30N6O7. The summed E-state index contributed by atoms with van der Waals surface area (Å²) in [5, 5.41) is 15.7. The van der Waals surface area contributed by atoms with E-state index in [9.17, 15) is 28.8 Å². The molecule has 5 amide bonds. The maximum Gasteiger partial charge on any atom is 0.326 e. The molecule has 170 valence electrons. The number of nitrogens with two attached hydrogens (primary N) is 3. The molecule has 0 radical (unpaired) electrons. The molecule has 0 spiro atoms. The quantitative estimate of drug-likeness (QED) is 0.147. The van der Waals surface area contributed by atoms with Crippen LogP contribution in [0.5, 0.6) is 0 Å². The summed E-state index contributed by atoms with van der Waals surface area (Å²) in [5.41, 5.74) is 15.7. The summed E-state index contributed by atoms with van der Waals surface area (Å²) in [7, 11) is 0. The van der Waals surface area contributed by atoms with Crippen LogP contribution >= 0.6 is 0 Å². The molecule has 0 aromatic heterocycles. The summed E-state index contributed by atoms with van der Waals surface area (Å²) < 4.78 is 0. The van der Waals surface area contributed by atoms with Crippen molar-refractivity contribution < 1.29 is 33.9 Å². The maximum atomic E-state index is 12.4. The number of hydrogen-bond donors (Lipinski definition) is 7. The second kappa shape index (κ2) is 13.1. The molecule has 0 aliphatic heterocycles. The summed E-state index contributed by atoms with van der Waals surface area (Å²) in [5.74, 6) is -5.32. The van der Waals surface area contributed by atoms with Gasteiger partial charge in [-0.25, -0.2) is 4.79 Å². The lowest BCUT2D eigenvalue weighted by Gasteiger charge is -2.21. The first-order valence-electron chi connectivity index (χ1n) is 9.25. The number of nitrogens with one attached hydrogen (secondary N) is 3. The zero-order chi connectivity index (χ0) is 23.4. The molecule has 13 nitrogen and oxygen atoms in total. The fraction of sp³-hybridized carbons (Fsp3) is 0.647. The summed E-state index contributed by atoms with van der Waals surface area (Å²) in [6.45, 7) is 3.27. The number of carboxylic acids is 1. The van der Waals surface area contributed by atoms with Gasteiger partial charge in [0, 0.05) is 6.42 Å². The summed E-state index contributed by atoms with van der Waals surface area (Å²) in [6, 6.07) is -3.76. The predicted molar refractivity (Wildman–Crippen MR) is 104 cm³/mol. The second-order valence-electron chi connectivity index (χ2n) is 7.15. The largest absolute Gasteiger partial charge is 0.480 e. The molecule has 0 aromatic rings. The minimum atomic E-state index is -1.61. The molecule has 0 fully saturated rings. The Balaban J connectivity index is 4.98. The van der Waals surface area contributed by atoms with Crippen molar-refractivity contribution in [2.75, 3.05) is 6.54 Å². The van der Waals surface area contributed by atoms with Crippen LogP contribution in [0.3, 0.4) is 0 Å². The average Bonchev–Trinajstić information content (AvgIpc) is 2.61. The number of primary amides is 2. The van der Waals surface area contributed by atoms with Gasteiger partial charge in [-0.3, -0.25) is 24.0 Å². The molecule has 13 heteroatoms. The molecule has 3 unspecified atom stereocenters. The third-order valence-corrected chi connectivity index (χ3v) is 3.84. The van der Waals surface area contributed by atoms with Crippen LogP contribution in [-0.2, 0) is 28.8 Å². The molecule has 0 rings (SSSR count). The van der Waals surface area contributed by atoms with Gasteiger partial charge in [0.05, 0.1) is 19.0 Å². The number of aliphatic carboxylic acids is 1. The Labute approximate surface area is 173 Å². The standard InChI is InChI=1S/C17H30N6O7/c1-8(2)5-9(18)15(27)21-7-14(26)22-10(3-4-12(19)24)16(28)23-11(17(29)30)6-13(20)25/h8-11H,3-7,18H2,1-2H3,(H2,19,24)(H2,20,25)(H,21,27)(H,22,26)(H,23,28)(H,29,30). The minimum Gasteiger partial charge on any atom is -0.480 e. The third-order valence-electron chi connectivity index (χ3n) is 3.84. The fourth-order valence-corrected chi connectivity index (χ4v) is 2.39. The van der Waals surface area contributed by atoms with E-state index >= 15 is 0 Å². The van der Waals surface area contributed by atoms with Crippen LogP contribution in [0.2, 0.25) is 0 Å². The van der Waals surface area contributed by atoms with E-state index < -0.39 is 66.6 Å². The van der Waals surface area contributed by atoms with Gasteiger partial charge in [0.15, 0.2) is 0 Å². The lowest BCUT2D eigenvalue weighted by atomic mass is 10.0. The van der Waals surface area contributed by atoms with Crippen molar-refractivity contribution in [3.63, 3.8) is 0 Å². The molecule has 0 bridgehead atoms. The van der Waals surface area contributed by atoms with Gasteiger partial charge >= 0.3 is 5.97 Å². The number of hydrogen-bond acceptors (Lipinski definition) is 7. The maximum absolute atomic E-state index is 12.4. The van der Waals surface area contributed by atoms with Gasteiger partial charge in [-0.15, -0.1) is 0 Å². The van der Waals surface area contributed by atoms with Crippen molar-refractivity contribution in [1.29, 1.82) is 0 Å². The number of amides is 5. The van der Waals surface area contributed by atoms with Crippen molar-refractivity contribution in [1.82, 2.24) is 16.0 Å². The molecule has 0 saturated heterocycles. The van der Waals surface area contributed by atoms with E-state index in [1.165, 1.54) is 0 Å². The molecule has 0 aromatic carbocycles. The molecule has 0 aliphatic carbocycles. The highest BCUT2D eigenvalue weighted by Crippen LogP contribution is 2.03. The fourth-order valence-electron chi connectivity index (χ4n) is 2.39. The van der Waals surface area contributed by atoms with Gasteiger partial charge in [0.1, 0.15) is 12.1 Å². The van der Waals surface area contributed by atoms with Crippen LogP contribution in [0, 0.1) is 5.92 Å². The molecular weight excluding hydrogens is 400 g/mol. The summed E-state index contributed by atoms with van der Waals surface area (Å²) >= 11 is 0. The molecule has 30 heavy (non-hydrogen) atoms. The van der Waals surface area contributed by atoms with Gasteiger partial charge in [0.25, 0.3) is 0 Å². The Morgan fingerprint density at radius 2 is 1.50 bits per heavy atom. The van der Waals surface area contributed by atoms with E-state index in [1.807, 2.05) is 13.8 Å². The SMILES string of the molecule is CC(C)CC(N)C(=O)NCC(=O)NC(CCC(N)=O)C(=O)NC(CC(N)=O)C(=O)O. The number of rotatable bonds is 14. The monoisotopic (exact) mass is 430 g/mol. The van der Waals surface area contributed by atoms with Crippen LogP contribution in [0.15, 0.2) is 0 Å². The Morgan fingerprint density at radius 3 is 1.97 bits per heavy atom. The first-order chi connectivity index (χ1) is 13.8. The van der Waals surface area contributed by atoms with Crippen LogP contribution in [0.4, 0.5) is 0 Å². The second-order valence-corrected chi connectivity index (χ2v) is 7.15. The van der Waals surface area contributed by atoms with Crippen molar-refractivity contribution in [3.8, 4) is 0 Å². The van der Waals surface area contributed by atoms with Gasteiger partial charge in [-0.1, -0.05) is 13.8 Å². The van der Waals surface area contributed by atoms with Crippen molar-refractivity contribution >= 4 is 35.5 Å². The van der Waals surface area contributed by atoms with Gasteiger partial charge in [0.2, 0.25) is 29.5 Å². The molecule has 3 atom stereocenters. The highest BCUT2D eigenvalue weighted by atomic mass is 16.4. The van der Waals surface area contributed by atoms with Crippen LogP contribution in [0.1, 0.15) is 39.5 Å². The average molecular weight is 430 g/mol. The minimum absolute atomic E-state index is 0.170. The van der Waals surface area contributed by atoms with E-state index in [2.05, 4.69) is 16.0 Å².